The maximum atomic E-state index is 13.1. The predicted octanol–water partition coefficient (Wildman–Crippen LogP) is 3.90. The zero-order valence-electron chi connectivity index (χ0n) is 18.2. The van der Waals surface area contributed by atoms with E-state index in [2.05, 4.69) is 20.2 Å². The van der Waals surface area contributed by atoms with Crippen molar-refractivity contribution >= 4 is 33.3 Å². The van der Waals surface area contributed by atoms with Gasteiger partial charge in [0.1, 0.15) is 11.5 Å². The Morgan fingerprint density at radius 2 is 1.79 bits per heavy atom. The van der Waals surface area contributed by atoms with Gasteiger partial charge < -0.3 is 10.3 Å². The first kappa shape index (κ1) is 21.3. The standard InChI is InChI=1S/C26H25FN4O2/c27-18-7-5-17(6-8-18)15-20(32)16-31-13-10-19(11-14-31)29-23-9-12-28-25-24(23)21-3-1-2-4-22(21)26(33)30-25/h1-9,12,19H,10-11,13-16H2,(H2,28,29,30,33). The number of hydrogen-bond acceptors (Lipinski definition) is 5. The molecule has 3 heterocycles. The van der Waals surface area contributed by atoms with Crippen molar-refractivity contribution < 1.29 is 9.18 Å². The second-order valence-electron chi connectivity index (χ2n) is 8.62. The van der Waals surface area contributed by atoms with Crippen molar-refractivity contribution in [2.45, 2.75) is 25.3 Å². The molecule has 4 aromatic rings. The van der Waals surface area contributed by atoms with E-state index in [1.54, 1.807) is 18.3 Å². The van der Waals surface area contributed by atoms with Gasteiger partial charge in [-0.25, -0.2) is 9.37 Å². The van der Waals surface area contributed by atoms with Crippen molar-refractivity contribution in [1.82, 2.24) is 14.9 Å². The fourth-order valence-electron chi connectivity index (χ4n) is 4.61. The third kappa shape index (κ3) is 4.64. The smallest absolute Gasteiger partial charge is 0.257 e. The number of fused-ring (bicyclic) bond motifs is 3. The first-order chi connectivity index (χ1) is 16.1. The third-order valence-electron chi connectivity index (χ3n) is 6.29. The van der Waals surface area contributed by atoms with Gasteiger partial charge in [0.2, 0.25) is 0 Å². The van der Waals surface area contributed by atoms with E-state index < -0.39 is 0 Å². The van der Waals surface area contributed by atoms with E-state index in [-0.39, 0.29) is 23.2 Å². The highest BCUT2D eigenvalue weighted by Gasteiger charge is 2.22. The maximum Gasteiger partial charge on any atom is 0.257 e. The summed E-state index contributed by atoms with van der Waals surface area (Å²) < 4.78 is 13.1. The second-order valence-corrected chi connectivity index (χ2v) is 8.62. The normalized spacial score (nSPS) is 15.2. The van der Waals surface area contributed by atoms with Gasteiger partial charge in [0, 0.05) is 53.6 Å². The molecule has 1 saturated heterocycles. The summed E-state index contributed by atoms with van der Waals surface area (Å²) in [4.78, 5) is 34.3. The van der Waals surface area contributed by atoms with Gasteiger partial charge in [0.05, 0.1) is 6.54 Å². The van der Waals surface area contributed by atoms with Crippen LogP contribution in [0.2, 0.25) is 0 Å². The summed E-state index contributed by atoms with van der Waals surface area (Å²) >= 11 is 0. The number of carbonyl (C=O) groups excluding carboxylic acids is 1. The van der Waals surface area contributed by atoms with Crippen molar-refractivity contribution in [3.63, 3.8) is 0 Å². The largest absolute Gasteiger partial charge is 0.382 e. The predicted molar refractivity (Wildman–Crippen MR) is 128 cm³/mol. The molecule has 2 aromatic carbocycles. The SMILES string of the molecule is O=C(Cc1ccc(F)cc1)CN1CCC(Nc2ccnc3[nH]c(=O)c4ccccc4c23)CC1. The number of piperidine rings is 1. The van der Waals surface area contributed by atoms with Crippen LogP contribution in [0.3, 0.4) is 0 Å². The Kier molecular flexibility index (Phi) is 5.88. The summed E-state index contributed by atoms with van der Waals surface area (Å²) in [5.74, 6) is -0.148. The molecule has 168 valence electrons. The monoisotopic (exact) mass is 444 g/mol. The lowest BCUT2D eigenvalue weighted by Crippen LogP contribution is -2.41. The summed E-state index contributed by atoms with van der Waals surface area (Å²) in [7, 11) is 0. The van der Waals surface area contributed by atoms with E-state index in [9.17, 15) is 14.0 Å². The maximum absolute atomic E-state index is 13.1. The molecule has 0 spiro atoms. The Balaban J connectivity index is 1.24. The van der Waals surface area contributed by atoms with E-state index in [0.29, 0.717) is 24.0 Å². The van der Waals surface area contributed by atoms with Gasteiger partial charge in [-0.15, -0.1) is 0 Å². The highest BCUT2D eigenvalue weighted by Crippen LogP contribution is 2.28. The molecule has 2 N–H and O–H groups in total. The highest BCUT2D eigenvalue weighted by molar-refractivity contribution is 6.10. The fraction of sp³-hybridized carbons (Fsp3) is 0.269. The van der Waals surface area contributed by atoms with E-state index in [1.807, 2.05) is 30.3 Å². The number of pyridine rings is 2. The Morgan fingerprint density at radius 1 is 1.06 bits per heavy atom. The van der Waals surface area contributed by atoms with Crippen molar-refractivity contribution in [3.8, 4) is 0 Å². The molecule has 0 amide bonds. The summed E-state index contributed by atoms with van der Waals surface area (Å²) in [6.45, 7) is 2.06. The molecular weight excluding hydrogens is 419 g/mol. The van der Waals surface area contributed by atoms with E-state index in [0.717, 1.165) is 48.0 Å². The molecule has 0 saturated carbocycles. The van der Waals surface area contributed by atoms with Crippen LogP contribution < -0.4 is 10.9 Å². The molecular formula is C26H25FN4O2. The molecule has 0 atom stereocenters. The van der Waals surface area contributed by atoms with E-state index in [4.69, 9.17) is 0 Å². The topological polar surface area (TPSA) is 78.1 Å². The molecule has 5 rings (SSSR count). The summed E-state index contributed by atoms with van der Waals surface area (Å²) in [6, 6.07) is 15.9. The minimum absolute atomic E-state index is 0.138. The van der Waals surface area contributed by atoms with Gasteiger partial charge in [-0.2, -0.15) is 0 Å². The quantitative estimate of drug-likeness (QED) is 0.441. The number of ketones is 1. The summed E-state index contributed by atoms with van der Waals surface area (Å²) in [6.07, 6.45) is 3.86. The minimum Gasteiger partial charge on any atom is -0.382 e. The van der Waals surface area contributed by atoms with Crippen LogP contribution in [0.4, 0.5) is 10.1 Å². The Hall–Kier alpha value is -3.58. The average Bonchev–Trinajstić information content (AvgIpc) is 2.82. The first-order valence-electron chi connectivity index (χ1n) is 11.2. The van der Waals surface area contributed by atoms with Crippen molar-refractivity contribution in [2.75, 3.05) is 25.0 Å². The van der Waals surface area contributed by atoms with Gasteiger partial charge in [0.15, 0.2) is 5.78 Å². The molecule has 0 aliphatic carbocycles. The van der Waals surface area contributed by atoms with Crippen LogP contribution in [-0.4, -0.2) is 46.3 Å². The lowest BCUT2D eigenvalue weighted by molar-refractivity contribution is -0.119. The molecule has 1 fully saturated rings. The third-order valence-corrected chi connectivity index (χ3v) is 6.29. The van der Waals surface area contributed by atoms with Crippen LogP contribution in [0.5, 0.6) is 0 Å². The van der Waals surface area contributed by atoms with Gasteiger partial charge in [0.25, 0.3) is 5.56 Å². The van der Waals surface area contributed by atoms with Crippen LogP contribution >= 0.6 is 0 Å². The molecule has 0 unspecified atom stereocenters. The van der Waals surface area contributed by atoms with Crippen LogP contribution in [0, 0.1) is 5.82 Å². The number of aromatic nitrogens is 2. The molecule has 6 nitrogen and oxygen atoms in total. The number of likely N-dealkylation sites (tertiary alicyclic amines) is 1. The Bertz CT molecular complexity index is 1360. The van der Waals surface area contributed by atoms with Crippen molar-refractivity contribution in [3.05, 3.63) is 82.5 Å². The number of carbonyl (C=O) groups is 1. The molecule has 33 heavy (non-hydrogen) atoms. The number of Topliss-reactive ketones (excluding diaryl/α,β-unsaturated/α-hetero) is 1. The van der Waals surface area contributed by atoms with Gasteiger partial charge in [-0.05, 0) is 42.7 Å². The number of benzene rings is 2. The van der Waals surface area contributed by atoms with E-state index >= 15 is 0 Å². The molecule has 1 aliphatic rings. The second kappa shape index (κ2) is 9.11. The number of aromatic amines is 1. The van der Waals surface area contributed by atoms with Gasteiger partial charge >= 0.3 is 0 Å². The number of nitrogens with one attached hydrogen (secondary N) is 2. The zero-order chi connectivity index (χ0) is 22.8. The zero-order valence-corrected chi connectivity index (χ0v) is 18.2. The first-order valence-corrected chi connectivity index (χ1v) is 11.2. The molecule has 1 aliphatic heterocycles. The number of H-pyrrole nitrogens is 1. The number of rotatable bonds is 6. The Morgan fingerprint density at radius 3 is 2.55 bits per heavy atom. The lowest BCUT2D eigenvalue weighted by atomic mass is 10.0. The van der Waals surface area contributed by atoms with Gasteiger partial charge in [-0.1, -0.05) is 30.3 Å². The van der Waals surface area contributed by atoms with Crippen LogP contribution in [0.25, 0.3) is 21.8 Å². The number of halogens is 1. The van der Waals surface area contributed by atoms with Crippen molar-refractivity contribution in [1.29, 1.82) is 0 Å². The summed E-state index contributed by atoms with van der Waals surface area (Å²) in [5, 5.41) is 6.10. The fourth-order valence-corrected chi connectivity index (χ4v) is 4.61. The number of anilines is 1. The van der Waals surface area contributed by atoms with E-state index in [1.165, 1.54) is 12.1 Å². The van der Waals surface area contributed by atoms with Crippen LogP contribution in [-0.2, 0) is 11.2 Å². The number of hydrogen-bond donors (Lipinski definition) is 2. The Labute approximate surface area is 190 Å². The summed E-state index contributed by atoms with van der Waals surface area (Å²) in [5.41, 5.74) is 2.24. The van der Waals surface area contributed by atoms with Crippen LogP contribution in [0.1, 0.15) is 18.4 Å². The van der Waals surface area contributed by atoms with Crippen LogP contribution in [0.15, 0.2) is 65.6 Å². The molecule has 0 radical (unpaired) electrons. The molecule has 7 heteroatoms. The lowest BCUT2D eigenvalue weighted by Gasteiger charge is -2.32. The number of nitrogens with zero attached hydrogens (tertiary/aromatic N) is 2. The van der Waals surface area contributed by atoms with Gasteiger partial charge in [-0.3, -0.25) is 14.5 Å². The average molecular weight is 445 g/mol. The highest BCUT2D eigenvalue weighted by atomic mass is 19.1. The van der Waals surface area contributed by atoms with Crippen molar-refractivity contribution in [2.24, 2.45) is 0 Å². The minimum atomic E-state index is -0.290. The molecule has 2 aromatic heterocycles. The molecule has 0 bridgehead atoms.